The van der Waals surface area contributed by atoms with E-state index in [2.05, 4.69) is 22.6 Å². The molecular weight excluding hydrogens is 326 g/mol. The second kappa shape index (κ2) is 4.30. The average Bonchev–Trinajstić information content (AvgIpc) is 1.90. The van der Waals surface area contributed by atoms with Crippen LogP contribution in [0.1, 0.15) is 12.8 Å². The first-order valence-corrected chi connectivity index (χ1v) is 7.60. The first-order chi connectivity index (χ1) is 3.93. The molecule has 1 aliphatic rings. The molecule has 0 radical (unpaired) electrons. The summed E-state index contributed by atoms with van der Waals surface area (Å²) in [5, 5.41) is 0. The summed E-state index contributed by atoms with van der Waals surface area (Å²) in [5.74, 6) is 1.12. The molecule has 1 atom stereocenters. The minimum absolute atomic E-state index is 0.663. The van der Waals surface area contributed by atoms with Gasteiger partial charge < -0.3 is 0 Å². The van der Waals surface area contributed by atoms with Crippen molar-refractivity contribution in [1.29, 1.82) is 0 Å². The van der Waals surface area contributed by atoms with Gasteiger partial charge in [0.15, 0.2) is 0 Å². The maximum absolute atomic E-state index is 2.52. The van der Waals surface area contributed by atoms with E-state index in [4.69, 9.17) is 0 Å². The van der Waals surface area contributed by atoms with Crippen LogP contribution in [0, 0.1) is 5.92 Å². The molecule has 2 heteroatoms. The van der Waals surface area contributed by atoms with E-state index in [9.17, 15) is 0 Å². The van der Waals surface area contributed by atoms with Crippen molar-refractivity contribution in [2.75, 3.05) is 13.3 Å². The van der Waals surface area contributed by atoms with Gasteiger partial charge in [-0.15, -0.1) is 0 Å². The fourth-order valence-electron chi connectivity index (χ4n) is 0.887. The van der Waals surface area contributed by atoms with E-state index in [0.29, 0.717) is 21.2 Å². The summed E-state index contributed by atoms with van der Waals surface area (Å²) in [6.45, 7) is 0. The summed E-state index contributed by atoms with van der Waals surface area (Å²) in [6.07, 6.45) is 3.07. The van der Waals surface area contributed by atoms with Gasteiger partial charge in [-0.2, -0.15) is 0 Å². The average molecular weight is 337 g/mol. The van der Waals surface area contributed by atoms with Crippen LogP contribution in [-0.4, -0.2) is 13.3 Å². The molecule has 0 aromatic heterocycles. The summed E-state index contributed by atoms with van der Waals surface area (Å²) in [6, 6.07) is 0. The van der Waals surface area contributed by atoms with Crippen molar-refractivity contribution in [3.05, 3.63) is 0 Å². The molecule has 0 bridgehead atoms. The minimum atomic E-state index is 0.663. The second-order valence-corrected chi connectivity index (χ2v) is 6.11. The molecule has 0 N–H and O–H groups in total. The monoisotopic (exact) mass is 337 g/mol. The molecule has 50 valence electrons. The molecular formula is C6H11I2-. The normalized spacial score (nSPS) is 31.4. The molecule has 8 heavy (non-hydrogen) atoms. The number of hydrogen-bond donors (Lipinski definition) is 0. The first-order valence-electron chi connectivity index (χ1n) is 3.03. The van der Waals surface area contributed by atoms with E-state index >= 15 is 0 Å². The van der Waals surface area contributed by atoms with E-state index in [1.54, 1.807) is 15.3 Å². The van der Waals surface area contributed by atoms with Gasteiger partial charge in [-0.25, -0.2) is 0 Å². The number of alkyl halides is 3. The SMILES string of the molecule is ICC1CCC[I-]C1. The Morgan fingerprint density at radius 1 is 1.62 bits per heavy atom. The summed E-state index contributed by atoms with van der Waals surface area (Å²) >= 11 is 3.19. The third kappa shape index (κ3) is 2.37. The molecule has 1 saturated heterocycles. The van der Waals surface area contributed by atoms with Gasteiger partial charge in [0.25, 0.3) is 0 Å². The van der Waals surface area contributed by atoms with Gasteiger partial charge in [0.05, 0.1) is 0 Å². The van der Waals surface area contributed by atoms with Crippen molar-refractivity contribution in [2.24, 2.45) is 5.92 Å². The van der Waals surface area contributed by atoms with Crippen LogP contribution >= 0.6 is 22.6 Å². The van der Waals surface area contributed by atoms with Crippen molar-refractivity contribution < 1.29 is 21.2 Å². The zero-order valence-corrected chi connectivity index (χ0v) is 9.18. The topological polar surface area (TPSA) is 0 Å². The van der Waals surface area contributed by atoms with Crippen molar-refractivity contribution >= 4 is 22.6 Å². The van der Waals surface area contributed by atoms with Crippen LogP contribution in [0.5, 0.6) is 0 Å². The van der Waals surface area contributed by atoms with Crippen LogP contribution < -0.4 is 21.2 Å². The molecule has 0 spiro atoms. The molecule has 0 aromatic carbocycles. The standard InChI is InChI=1S/C6H11I2/c7-4-6-2-1-3-8-5-6/h6H,1-5H2/q-1. The van der Waals surface area contributed by atoms with Crippen molar-refractivity contribution in [2.45, 2.75) is 12.8 Å². The summed E-state index contributed by atoms with van der Waals surface area (Å²) in [4.78, 5) is 0. The Labute approximate surface area is 75.2 Å². The van der Waals surface area contributed by atoms with Gasteiger partial charge in [0.2, 0.25) is 0 Å². The molecule has 0 saturated carbocycles. The predicted molar refractivity (Wildman–Crippen MR) is 41.3 cm³/mol. The van der Waals surface area contributed by atoms with Gasteiger partial charge in [-0.1, -0.05) is 0 Å². The fraction of sp³-hybridized carbons (Fsp3) is 1.00. The predicted octanol–water partition coefficient (Wildman–Crippen LogP) is -1.08. The number of rotatable bonds is 1. The van der Waals surface area contributed by atoms with Gasteiger partial charge in [0, 0.05) is 0 Å². The van der Waals surface area contributed by atoms with Crippen LogP contribution in [0.15, 0.2) is 0 Å². The molecule has 1 aliphatic heterocycles. The Morgan fingerprint density at radius 2 is 2.50 bits per heavy atom. The van der Waals surface area contributed by atoms with Crippen LogP contribution in [0.3, 0.4) is 0 Å². The number of halogens is 2. The summed E-state index contributed by atoms with van der Waals surface area (Å²) < 4.78 is 4.63. The van der Waals surface area contributed by atoms with Gasteiger partial charge >= 0.3 is 75.8 Å². The summed E-state index contributed by atoms with van der Waals surface area (Å²) in [7, 11) is 0. The maximum atomic E-state index is 2.52. The van der Waals surface area contributed by atoms with E-state index < -0.39 is 0 Å². The van der Waals surface area contributed by atoms with E-state index in [-0.39, 0.29) is 0 Å². The first kappa shape index (κ1) is 7.57. The fourth-order valence-corrected chi connectivity index (χ4v) is 5.88. The molecule has 0 nitrogen and oxygen atoms in total. The zero-order valence-electron chi connectivity index (χ0n) is 4.87. The van der Waals surface area contributed by atoms with E-state index in [0.717, 1.165) is 5.92 Å². The molecule has 0 aliphatic carbocycles. The van der Waals surface area contributed by atoms with Gasteiger partial charge in [-0.05, 0) is 0 Å². The van der Waals surface area contributed by atoms with E-state index in [1.807, 2.05) is 0 Å². The molecule has 1 heterocycles. The molecule has 1 unspecified atom stereocenters. The van der Waals surface area contributed by atoms with Crippen molar-refractivity contribution in [3.8, 4) is 0 Å². The Kier molecular flexibility index (Phi) is 4.07. The Bertz CT molecular complexity index is 57.5. The van der Waals surface area contributed by atoms with E-state index in [1.165, 1.54) is 10.8 Å². The van der Waals surface area contributed by atoms with Gasteiger partial charge in [0.1, 0.15) is 0 Å². The third-order valence-electron chi connectivity index (χ3n) is 1.43. The quantitative estimate of drug-likeness (QED) is 0.422. The molecule has 0 aromatic rings. The Balaban J connectivity index is 2.13. The van der Waals surface area contributed by atoms with Crippen LogP contribution in [0.2, 0.25) is 0 Å². The van der Waals surface area contributed by atoms with Crippen LogP contribution in [0.25, 0.3) is 0 Å². The number of hydrogen-bond acceptors (Lipinski definition) is 0. The van der Waals surface area contributed by atoms with Crippen molar-refractivity contribution in [3.63, 3.8) is 0 Å². The van der Waals surface area contributed by atoms with Crippen LogP contribution in [0.4, 0.5) is 0 Å². The third-order valence-corrected chi connectivity index (χ3v) is 6.06. The molecule has 1 fully saturated rings. The second-order valence-electron chi connectivity index (χ2n) is 2.19. The Morgan fingerprint density at radius 3 is 2.88 bits per heavy atom. The van der Waals surface area contributed by atoms with Gasteiger partial charge in [-0.3, -0.25) is 0 Å². The molecule has 0 amide bonds. The van der Waals surface area contributed by atoms with Crippen molar-refractivity contribution in [1.82, 2.24) is 0 Å². The Hall–Kier alpha value is 1.46. The zero-order chi connectivity index (χ0) is 5.82. The van der Waals surface area contributed by atoms with Crippen LogP contribution in [-0.2, 0) is 0 Å². The summed E-state index contributed by atoms with van der Waals surface area (Å²) in [5.41, 5.74) is 0. The molecule has 1 rings (SSSR count).